The first-order chi connectivity index (χ1) is 17.2. The van der Waals surface area contributed by atoms with Crippen LogP contribution in [0.2, 0.25) is 6.32 Å². The highest BCUT2D eigenvalue weighted by molar-refractivity contribution is 6.45. The monoisotopic (exact) mass is 493 g/mol. The summed E-state index contributed by atoms with van der Waals surface area (Å²) in [5.74, 6) is 0.606. The third-order valence-electron chi connectivity index (χ3n) is 9.10. The lowest BCUT2D eigenvalue weighted by atomic mass is 9.43. The highest BCUT2D eigenvalue weighted by Gasteiger charge is 2.67. The highest BCUT2D eigenvalue weighted by atomic mass is 16.7. The molecule has 3 heterocycles. The van der Waals surface area contributed by atoms with Crippen LogP contribution in [0.15, 0.2) is 30.6 Å². The van der Waals surface area contributed by atoms with Gasteiger partial charge in [-0.05, 0) is 61.4 Å². The van der Waals surface area contributed by atoms with E-state index in [1.807, 2.05) is 6.07 Å². The molecule has 4 atom stereocenters. The number of rotatable bonds is 7. The zero-order chi connectivity index (χ0) is 25.2. The first-order valence-electron chi connectivity index (χ1n) is 12.8. The molecule has 2 bridgehead atoms. The summed E-state index contributed by atoms with van der Waals surface area (Å²) in [6.45, 7) is 7.63. The van der Waals surface area contributed by atoms with Gasteiger partial charge in [0.2, 0.25) is 0 Å². The zero-order valence-electron chi connectivity index (χ0n) is 20.9. The molecule has 36 heavy (non-hydrogen) atoms. The van der Waals surface area contributed by atoms with E-state index in [2.05, 4.69) is 30.7 Å². The van der Waals surface area contributed by atoms with Crippen LogP contribution >= 0.6 is 0 Å². The fourth-order valence-corrected chi connectivity index (χ4v) is 6.82. The second kappa shape index (κ2) is 8.35. The third-order valence-corrected chi connectivity index (χ3v) is 9.10. The maximum Gasteiger partial charge on any atom is 0.457 e. The number of aromatic amines is 1. The minimum Gasteiger partial charge on any atom is -0.486 e. The van der Waals surface area contributed by atoms with Crippen LogP contribution in [0.5, 0.6) is 5.75 Å². The fraction of sp³-hybridized carbons (Fsp3) is 0.577. The van der Waals surface area contributed by atoms with Gasteiger partial charge in [-0.25, -0.2) is 9.78 Å². The first-order valence-corrected chi connectivity index (χ1v) is 12.8. The van der Waals surface area contributed by atoms with Crippen LogP contribution in [-0.2, 0) is 15.7 Å². The van der Waals surface area contributed by atoms with E-state index in [1.54, 1.807) is 23.2 Å². The number of para-hydroxylation sites is 1. The molecule has 7 rings (SSSR count). The number of H-pyrrole nitrogens is 1. The number of carboxylic acids is 1. The number of carboxylic acid groups (broad SMARTS) is 1. The van der Waals surface area contributed by atoms with Gasteiger partial charge in [0.1, 0.15) is 17.4 Å². The number of carbonyl (C=O) groups excluding carboxylic acids is 1. The zero-order valence-corrected chi connectivity index (χ0v) is 20.9. The average molecular weight is 493 g/mol. The number of aromatic nitrogens is 2. The van der Waals surface area contributed by atoms with Gasteiger partial charge < -0.3 is 29.0 Å². The summed E-state index contributed by atoms with van der Waals surface area (Å²) in [5, 5.41) is 9.79. The average Bonchev–Trinajstić information content (AvgIpc) is 3.46. The Morgan fingerprint density at radius 3 is 2.78 bits per heavy atom. The molecule has 5 fully saturated rings. The maximum absolute atomic E-state index is 12.4. The van der Waals surface area contributed by atoms with Crippen LogP contribution in [0, 0.1) is 17.3 Å². The van der Waals surface area contributed by atoms with Gasteiger partial charge in [0, 0.05) is 12.4 Å². The van der Waals surface area contributed by atoms with Crippen molar-refractivity contribution >= 4 is 19.0 Å². The molecular weight excluding hydrogens is 461 g/mol. The maximum atomic E-state index is 12.4. The third kappa shape index (κ3) is 3.65. The quantitative estimate of drug-likeness (QED) is 0.569. The smallest absolute Gasteiger partial charge is 0.457 e. The predicted molar refractivity (Wildman–Crippen MR) is 131 cm³/mol. The van der Waals surface area contributed by atoms with Crippen molar-refractivity contribution in [3.05, 3.63) is 47.5 Å². The molecule has 10 heteroatoms. The summed E-state index contributed by atoms with van der Waals surface area (Å²) in [5.41, 5.74) is 0.957. The number of ether oxygens (including phenoxy) is 1. The van der Waals surface area contributed by atoms with Gasteiger partial charge in [-0.1, -0.05) is 26.0 Å². The van der Waals surface area contributed by atoms with Crippen LogP contribution in [0.3, 0.4) is 0 Å². The Balaban J connectivity index is 1.12. The molecule has 1 aromatic carbocycles. The lowest BCUT2D eigenvalue weighted by Gasteiger charge is -2.64. The molecule has 0 radical (unpaired) electrons. The number of benzene rings is 1. The molecule has 0 spiro atoms. The summed E-state index contributed by atoms with van der Waals surface area (Å²) >= 11 is 0. The Labute approximate surface area is 210 Å². The van der Waals surface area contributed by atoms with E-state index in [0.717, 1.165) is 12.0 Å². The number of carbonyl (C=O) groups is 2. The summed E-state index contributed by atoms with van der Waals surface area (Å²) in [6.07, 6.45) is 6.41. The molecule has 3 saturated carbocycles. The second-order valence-corrected chi connectivity index (χ2v) is 11.4. The van der Waals surface area contributed by atoms with E-state index in [-0.39, 0.29) is 47.6 Å². The number of hydrogen-bond donors (Lipinski definition) is 2. The molecule has 2 saturated heterocycles. The molecule has 3 aliphatic carbocycles. The first kappa shape index (κ1) is 23.5. The second-order valence-electron chi connectivity index (χ2n) is 11.4. The number of hydrogen-bond acceptors (Lipinski definition) is 6. The lowest BCUT2D eigenvalue weighted by Crippen LogP contribution is -2.65. The molecule has 0 unspecified atom stereocenters. The number of aryl methyl sites for hydroxylation is 1. The molecule has 2 aromatic rings. The molecule has 9 nitrogen and oxygen atoms in total. The van der Waals surface area contributed by atoms with Crippen LogP contribution in [0.25, 0.3) is 0 Å². The summed E-state index contributed by atoms with van der Waals surface area (Å²) in [6, 6.07) is 5.20. The number of nitrogens with one attached hydrogen (secondary N) is 1. The fourth-order valence-electron chi connectivity index (χ4n) is 6.82. The van der Waals surface area contributed by atoms with E-state index in [1.165, 1.54) is 12.6 Å². The van der Waals surface area contributed by atoms with Gasteiger partial charge in [0.05, 0.1) is 24.8 Å². The number of nitrogens with zero attached hydrogens (tertiary/aromatic N) is 2. The van der Waals surface area contributed by atoms with Gasteiger partial charge >= 0.3 is 13.1 Å². The molecule has 5 aliphatic rings. The normalized spacial score (nSPS) is 30.4. The molecular formula is C26H32BN3O6. The Kier molecular flexibility index (Phi) is 5.46. The van der Waals surface area contributed by atoms with Crippen molar-refractivity contribution in [1.82, 2.24) is 14.9 Å². The molecule has 190 valence electrons. The van der Waals surface area contributed by atoms with Crippen molar-refractivity contribution in [2.75, 3.05) is 13.1 Å². The Bertz CT molecular complexity index is 1180. The van der Waals surface area contributed by atoms with E-state index < -0.39 is 5.97 Å². The van der Waals surface area contributed by atoms with Crippen molar-refractivity contribution in [1.29, 1.82) is 0 Å². The van der Waals surface area contributed by atoms with Crippen molar-refractivity contribution in [3.8, 4) is 5.75 Å². The molecule has 1 amide bonds. The van der Waals surface area contributed by atoms with E-state index >= 15 is 0 Å². The van der Waals surface area contributed by atoms with Crippen molar-refractivity contribution in [2.45, 2.75) is 64.2 Å². The minimum absolute atomic E-state index is 0.119. The highest BCUT2D eigenvalue weighted by Crippen LogP contribution is 2.65. The van der Waals surface area contributed by atoms with Crippen LogP contribution < -0.4 is 4.74 Å². The Morgan fingerprint density at radius 2 is 2.08 bits per heavy atom. The van der Waals surface area contributed by atoms with Crippen molar-refractivity contribution < 1.29 is 28.7 Å². The number of aromatic carboxylic acids is 1. The molecule has 2 N–H and O–H groups in total. The number of imidazole rings is 1. The Hall–Kier alpha value is -2.85. The summed E-state index contributed by atoms with van der Waals surface area (Å²) < 4.78 is 19.1. The van der Waals surface area contributed by atoms with Gasteiger partial charge in [-0.3, -0.25) is 4.79 Å². The topological polar surface area (TPSA) is 114 Å². The standard InChI is InChI=1S/C26H32BN3O6/c1-25(2)16-11-19(25)26(3)20(12-16)35-27(36-26)8-7-15-5-4-6-18(24(32)33)21(15)34-17-13-30(14-17)23(31)22-28-9-10-29-22/h4-6,9-10,16-17,19-20H,7-8,11-14H2,1-3H3,(H,28,29)(H,32,33)/t16-,19-,20+,26-/m0/s1. The summed E-state index contributed by atoms with van der Waals surface area (Å²) in [7, 11) is -0.318. The van der Waals surface area contributed by atoms with Gasteiger partial charge in [0.25, 0.3) is 5.91 Å². The predicted octanol–water partition coefficient (Wildman–Crippen LogP) is 3.28. The molecule has 2 aliphatic heterocycles. The number of likely N-dealkylation sites (tertiary alicyclic amines) is 1. The van der Waals surface area contributed by atoms with Gasteiger partial charge in [0.15, 0.2) is 5.82 Å². The largest absolute Gasteiger partial charge is 0.486 e. The number of amides is 1. The van der Waals surface area contributed by atoms with Crippen molar-refractivity contribution in [3.63, 3.8) is 0 Å². The van der Waals surface area contributed by atoms with Crippen LogP contribution in [0.4, 0.5) is 0 Å². The van der Waals surface area contributed by atoms with Crippen molar-refractivity contribution in [2.24, 2.45) is 17.3 Å². The van der Waals surface area contributed by atoms with E-state index in [9.17, 15) is 14.7 Å². The minimum atomic E-state index is -1.04. The SMILES string of the molecule is CC1(C)[C@@H]2C[C@H]3OB(CCc4cccc(C(=O)O)c4OC4CN(C(=O)c5ncc[nH]5)C4)O[C@@]3(C)[C@H]1C2. The van der Waals surface area contributed by atoms with Gasteiger partial charge in [-0.2, -0.15) is 0 Å². The lowest BCUT2D eigenvalue weighted by molar-refractivity contribution is -0.199. The molecule has 1 aromatic heterocycles. The van der Waals surface area contributed by atoms with Crippen LogP contribution in [0.1, 0.15) is 60.2 Å². The van der Waals surface area contributed by atoms with Gasteiger partial charge in [-0.15, -0.1) is 0 Å². The van der Waals surface area contributed by atoms with Crippen LogP contribution in [-0.4, -0.2) is 69.9 Å². The summed E-state index contributed by atoms with van der Waals surface area (Å²) in [4.78, 5) is 32.8. The van der Waals surface area contributed by atoms with E-state index in [0.29, 0.717) is 43.4 Å². The van der Waals surface area contributed by atoms with E-state index in [4.69, 9.17) is 14.0 Å². The Morgan fingerprint density at radius 1 is 1.28 bits per heavy atom.